The van der Waals surface area contributed by atoms with E-state index >= 15 is 0 Å². The molecule has 74 valence electrons. The van der Waals surface area contributed by atoms with Gasteiger partial charge in [-0.2, -0.15) is 0 Å². The predicted octanol–water partition coefficient (Wildman–Crippen LogP) is 2.21. The molecular weight excluding hydrogens is 180 g/mol. The van der Waals surface area contributed by atoms with Crippen molar-refractivity contribution in [2.75, 3.05) is 0 Å². The number of pyridine rings is 1. The third kappa shape index (κ3) is 1.27. The number of aryl methyl sites for hydroxylation is 1. The van der Waals surface area contributed by atoms with Gasteiger partial charge in [0, 0.05) is 17.2 Å². The van der Waals surface area contributed by atoms with Gasteiger partial charge in [0.1, 0.15) is 6.20 Å². The SMILES string of the molecule is CC1(C)CCc2cc([N+](=O)[O-])cnc21. The van der Waals surface area contributed by atoms with Crippen molar-refractivity contribution < 1.29 is 4.92 Å². The monoisotopic (exact) mass is 192 g/mol. The maximum absolute atomic E-state index is 10.5. The molecule has 0 aliphatic heterocycles. The number of nitrogens with zero attached hydrogens (tertiary/aromatic N) is 2. The smallest absolute Gasteiger partial charge is 0.258 e. The van der Waals surface area contributed by atoms with Gasteiger partial charge in [0.15, 0.2) is 0 Å². The van der Waals surface area contributed by atoms with Crippen molar-refractivity contribution in [3.8, 4) is 0 Å². The molecule has 0 aromatic carbocycles. The Kier molecular flexibility index (Phi) is 1.80. The fraction of sp³-hybridized carbons (Fsp3) is 0.500. The standard InChI is InChI=1S/C10H12N2O2/c1-10(2)4-3-7-5-8(12(13)14)6-11-9(7)10/h5-6H,3-4H2,1-2H3. The van der Waals surface area contributed by atoms with E-state index in [1.165, 1.54) is 6.20 Å². The van der Waals surface area contributed by atoms with Gasteiger partial charge in [0.25, 0.3) is 5.69 Å². The minimum atomic E-state index is -0.390. The van der Waals surface area contributed by atoms with E-state index in [0.717, 1.165) is 24.1 Å². The largest absolute Gasteiger partial charge is 0.287 e. The molecule has 0 bridgehead atoms. The summed E-state index contributed by atoms with van der Waals surface area (Å²) in [6.07, 6.45) is 3.28. The second-order valence-corrected chi connectivity index (χ2v) is 4.34. The molecule has 0 radical (unpaired) electrons. The van der Waals surface area contributed by atoms with E-state index in [2.05, 4.69) is 18.8 Å². The van der Waals surface area contributed by atoms with Crippen molar-refractivity contribution in [1.82, 2.24) is 4.98 Å². The Hall–Kier alpha value is -1.45. The van der Waals surface area contributed by atoms with Crippen molar-refractivity contribution >= 4 is 5.69 Å². The molecule has 0 amide bonds. The zero-order chi connectivity index (χ0) is 10.3. The van der Waals surface area contributed by atoms with Gasteiger partial charge < -0.3 is 0 Å². The average Bonchev–Trinajstić information content (AvgIpc) is 2.42. The molecule has 0 saturated carbocycles. The Balaban J connectivity index is 2.49. The van der Waals surface area contributed by atoms with Gasteiger partial charge in [-0.05, 0) is 18.4 Å². The molecule has 1 aliphatic rings. The number of hydrogen-bond donors (Lipinski definition) is 0. The fourth-order valence-electron chi connectivity index (χ4n) is 1.96. The van der Waals surface area contributed by atoms with E-state index < -0.39 is 4.92 Å². The summed E-state index contributed by atoms with van der Waals surface area (Å²) in [7, 11) is 0. The first-order valence-electron chi connectivity index (χ1n) is 4.64. The number of fused-ring (bicyclic) bond motifs is 1. The Morgan fingerprint density at radius 3 is 2.93 bits per heavy atom. The summed E-state index contributed by atoms with van der Waals surface area (Å²) in [6.45, 7) is 4.25. The van der Waals surface area contributed by atoms with Gasteiger partial charge in [-0.25, -0.2) is 0 Å². The highest BCUT2D eigenvalue weighted by Crippen LogP contribution is 2.37. The molecule has 1 heterocycles. The molecule has 4 nitrogen and oxygen atoms in total. The van der Waals surface area contributed by atoms with Crippen molar-refractivity contribution in [1.29, 1.82) is 0 Å². The Morgan fingerprint density at radius 2 is 2.29 bits per heavy atom. The van der Waals surface area contributed by atoms with Crippen LogP contribution in [0.2, 0.25) is 0 Å². The Labute approximate surface area is 82.1 Å². The van der Waals surface area contributed by atoms with Gasteiger partial charge >= 0.3 is 0 Å². The summed E-state index contributed by atoms with van der Waals surface area (Å²) in [6, 6.07) is 1.65. The van der Waals surface area contributed by atoms with Crippen LogP contribution in [0.25, 0.3) is 0 Å². The van der Waals surface area contributed by atoms with Crippen molar-refractivity contribution in [2.24, 2.45) is 0 Å². The second-order valence-electron chi connectivity index (χ2n) is 4.34. The van der Waals surface area contributed by atoms with Gasteiger partial charge in [-0.1, -0.05) is 13.8 Å². The van der Waals surface area contributed by atoms with E-state index in [0.29, 0.717) is 0 Å². The summed E-state index contributed by atoms with van der Waals surface area (Å²) >= 11 is 0. The van der Waals surface area contributed by atoms with Crippen LogP contribution in [0.3, 0.4) is 0 Å². The number of nitro groups is 1. The normalized spacial score (nSPS) is 17.9. The quantitative estimate of drug-likeness (QED) is 0.506. The predicted molar refractivity (Wildman–Crippen MR) is 52.2 cm³/mol. The third-order valence-corrected chi connectivity index (χ3v) is 2.82. The van der Waals surface area contributed by atoms with Crippen LogP contribution in [0.4, 0.5) is 5.69 Å². The van der Waals surface area contributed by atoms with Gasteiger partial charge in [-0.3, -0.25) is 15.1 Å². The molecule has 1 aromatic heterocycles. The van der Waals surface area contributed by atoms with E-state index in [-0.39, 0.29) is 11.1 Å². The topological polar surface area (TPSA) is 56.0 Å². The maximum atomic E-state index is 10.5. The van der Waals surface area contributed by atoms with Crippen LogP contribution in [-0.2, 0) is 11.8 Å². The molecule has 0 fully saturated rings. The lowest BCUT2D eigenvalue weighted by Crippen LogP contribution is -2.13. The minimum Gasteiger partial charge on any atom is -0.258 e. The summed E-state index contributed by atoms with van der Waals surface area (Å²) in [5, 5.41) is 10.5. The molecule has 4 heteroatoms. The summed E-state index contributed by atoms with van der Waals surface area (Å²) in [4.78, 5) is 14.3. The first-order valence-corrected chi connectivity index (χ1v) is 4.64. The zero-order valence-electron chi connectivity index (χ0n) is 8.28. The summed E-state index contributed by atoms with van der Waals surface area (Å²) in [5.41, 5.74) is 2.22. The van der Waals surface area contributed by atoms with E-state index in [9.17, 15) is 10.1 Å². The van der Waals surface area contributed by atoms with Crippen LogP contribution in [0.5, 0.6) is 0 Å². The van der Waals surface area contributed by atoms with E-state index in [1.54, 1.807) is 6.07 Å². The van der Waals surface area contributed by atoms with E-state index in [1.807, 2.05) is 0 Å². The fourth-order valence-corrected chi connectivity index (χ4v) is 1.96. The minimum absolute atomic E-state index is 0.0739. The lowest BCUT2D eigenvalue weighted by atomic mass is 9.90. The van der Waals surface area contributed by atoms with Gasteiger partial charge in [-0.15, -0.1) is 0 Å². The average molecular weight is 192 g/mol. The second kappa shape index (κ2) is 2.77. The van der Waals surface area contributed by atoms with Gasteiger partial charge in [0.05, 0.1) is 4.92 Å². The summed E-state index contributed by atoms with van der Waals surface area (Å²) < 4.78 is 0. The Morgan fingerprint density at radius 1 is 1.57 bits per heavy atom. The molecule has 1 aliphatic carbocycles. The number of hydrogen-bond acceptors (Lipinski definition) is 3. The first kappa shape index (κ1) is 9.12. The molecule has 14 heavy (non-hydrogen) atoms. The van der Waals surface area contributed by atoms with E-state index in [4.69, 9.17) is 0 Å². The van der Waals surface area contributed by atoms with Crippen LogP contribution in [0.15, 0.2) is 12.3 Å². The molecule has 0 saturated heterocycles. The van der Waals surface area contributed by atoms with Crippen molar-refractivity contribution in [2.45, 2.75) is 32.1 Å². The Bertz CT molecular complexity index is 399. The molecule has 1 aromatic rings. The van der Waals surface area contributed by atoms with Crippen LogP contribution in [0, 0.1) is 10.1 Å². The first-order chi connectivity index (χ1) is 6.50. The van der Waals surface area contributed by atoms with Crippen LogP contribution < -0.4 is 0 Å². The molecule has 0 N–H and O–H groups in total. The van der Waals surface area contributed by atoms with Crippen LogP contribution in [0.1, 0.15) is 31.5 Å². The molecule has 0 unspecified atom stereocenters. The molecule has 0 spiro atoms. The van der Waals surface area contributed by atoms with Crippen molar-refractivity contribution in [3.63, 3.8) is 0 Å². The molecular formula is C10H12N2O2. The summed E-state index contributed by atoms with van der Waals surface area (Å²) in [5.74, 6) is 0. The molecule has 2 rings (SSSR count). The maximum Gasteiger partial charge on any atom is 0.287 e. The molecule has 0 atom stereocenters. The number of rotatable bonds is 1. The van der Waals surface area contributed by atoms with Gasteiger partial charge in [0.2, 0.25) is 0 Å². The lowest BCUT2D eigenvalue weighted by Gasteiger charge is -2.16. The third-order valence-electron chi connectivity index (χ3n) is 2.82. The van der Waals surface area contributed by atoms with Crippen molar-refractivity contribution in [3.05, 3.63) is 33.6 Å². The van der Waals surface area contributed by atoms with Crippen LogP contribution in [-0.4, -0.2) is 9.91 Å². The highest BCUT2D eigenvalue weighted by molar-refractivity contribution is 5.40. The zero-order valence-corrected chi connectivity index (χ0v) is 8.28. The highest BCUT2D eigenvalue weighted by atomic mass is 16.6. The lowest BCUT2D eigenvalue weighted by molar-refractivity contribution is -0.385. The number of aromatic nitrogens is 1. The van der Waals surface area contributed by atoms with Crippen LogP contribution >= 0.6 is 0 Å². The highest BCUT2D eigenvalue weighted by Gasteiger charge is 2.32.